The molecule has 7 heteroatoms. The molecule has 0 aromatic carbocycles. The Kier molecular flexibility index (Phi) is 5.62. The van der Waals surface area contributed by atoms with Crippen LogP contribution in [0.25, 0.3) is 0 Å². The number of nitrogens with zero attached hydrogens (tertiary/aromatic N) is 5. The van der Waals surface area contributed by atoms with Crippen LogP contribution >= 0.6 is 0 Å². The molecule has 0 bridgehead atoms. The third kappa shape index (κ3) is 4.35. The van der Waals surface area contributed by atoms with Gasteiger partial charge in [0.15, 0.2) is 0 Å². The average Bonchev–Trinajstić information content (AvgIpc) is 3.20. The van der Waals surface area contributed by atoms with Crippen LogP contribution in [-0.2, 0) is 11.3 Å². The minimum atomic E-state index is 0.0836. The summed E-state index contributed by atoms with van der Waals surface area (Å²) in [4.78, 5) is 21.6. The average molecular weight is 383 g/mol. The highest BCUT2D eigenvalue weighted by molar-refractivity contribution is 5.94. The lowest BCUT2D eigenvalue weighted by Crippen LogP contribution is -2.45. The van der Waals surface area contributed by atoms with Crippen molar-refractivity contribution in [1.29, 1.82) is 0 Å². The van der Waals surface area contributed by atoms with Gasteiger partial charge in [0, 0.05) is 51.3 Å². The van der Waals surface area contributed by atoms with Gasteiger partial charge in [-0.1, -0.05) is 0 Å². The molecule has 2 saturated heterocycles. The van der Waals surface area contributed by atoms with E-state index in [1.165, 1.54) is 0 Å². The maximum Gasteiger partial charge on any atom is 0.255 e. The molecule has 2 fully saturated rings. The zero-order valence-corrected chi connectivity index (χ0v) is 16.7. The maximum atomic E-state index is 12.8. The quantitative estimate of drug-likeness (QED) is 0.811. The topological polar surface area (TPSA) is 63.5 Å². The Morgan fingerprint density at radius 2 is 1.93 bits per heavy atom. The van der Waals surface area contributed by atoms with E-state index in [2.05, 4.69) is 28.8 Å². The van der Waals surface area contributed by atoms with Crippen LogP contribution in [0.1, 0.15) is 37.0 Å². The van der Waals surface area contributed by atoms with E-state index >= 15 is 0 Å². The SMILES string of the molecule is C[C@@H]1CN(c2ccc(C(=O)N3CCC(Cn4cccn4)CC3)cn2)C[C@H](C)O1. The predicted octanol–water partition coefficient (Wildman–Crippen LogP) is 2.44. The summed E-state index contributed by atoms with van der Waals surface area (Å²) in [5, 5.41) is 4.28. The Bertz CT molecular complexity index is 759. The molecule has 2 aliphatic heterocycles. The number of pyridine rings is 1. The van der Waals surface area contributed by atoms with Crippen LogP contribution in [0.2, 0.25) is 0 Å². The second-order valence-corrected chi connectivity index (χ2v) is 8.03. The van der Waals surface area contributed by atoms with Gasteiger partial charge in [-0.2, -0.15) is 5.10 Å². The smallest absolute Gasteiger partial charge is 0.255 e. The Morgan fingerprint density at radius 1 is 1.18 bits per heavy atom. The van der Waals surface area contributed by atoms with E-state index in [0.29, 0.717) is 11.5 Å². The lowest BCUT2D eigenvalue weighted by molar-refractivity contribution is -0.00546. The van der Waals surface area contributed by atoms with E-state index in [0.717, 1.165) is 51.4 Å². The molecule has 4 heterocycles. The second kappa shape index (κ2) is 8.31. The number of likely N-dealkylation sites (tertiary alicyclic amines) is 1. The minimum absolute atomic E-state index is 0.0836. The van der Waals surface area contributed by atoms with Crippen molar-refractivity contribution in [3.8, 4) is 0 Å². The van der Waals surface area contributed by atoms with Crippen molar-refractivity contribution < 1.29 is 9.53 Å². The van der Waals surface area contributed by atoms with Gasteiger partial charge in [0.2, 0.25) is 0 Å². The first kappa shape index (κ1) is 18.9. The van der Waals surface area contributed by atoms with E-state index in [1.807, 2.05) is 40.2 Å². The summed E-state index contributed by atoms with van der Waals surface area (Å²) in [6.45, 7) is 8.34. The number of hydrogen-bond donors (Lipinski definition) is 0. The fraction of sp³-hybridized carbons (Fsp3) is 0.571. The molecule has 0 N–H and O–H groups in total. The summed E-state index contributed by atoms with van der Waals surface area (Å²) in [6.07, 6.45) is 7.94. The van der Waals surface area contributed by atoms with Gasteiger partial charge in [-0.05, 0) is 50.8 Å². The molecule has 0 saturated carbocycles. The van der Waals surface area contributed by atoms with Gasteiger partial charge >= 0.3 is 0 Å². The fourth-order valence-corrected chi connectivity index (χ4v) is 4.24. The highest BCUT2D eigenvalue weighted by Crippen LogP contribution is 2.22. The Balaban J connectivity index is 1.32. The summed E-state index contributed by atoms with van der Waals surface area (Å²) < 4.78 is 7.77. The van der Waals surface area contributed by atoms with Gasteiger partial charge < -0.3 is 14.5 Å². The molecule has 2 aromatic rings. The summed E-state index contributed by atoms with van der Waals surface area (Å²) >= 11 is 0. The molecule has 0 spiro atoms. The molecule has 2 aromatic heterocycles. The lowest BCUT2D eigenvalue weighted by atomic mass is 9.96. The van der Waals surface area contributed by atoms with E-state index < -0.39 is 0 Å². The number of ether oxygens (including phenoxy) is 1. The number of carbonyl (C=O) groups excluding carboxylic acids is 1. The first-order valence-electron chi connectivity index (χ1n) is 10.2. The highest BCUT2D eigenvalue weighted by Gasteiger charge is 2.26. The zero-order valence-electron chi connectivity index (χ0n) is 16.7. The van der Waals surface area contributed by atoms with Crippen LogP contribution in [0.5, 0.6) is 0 Å². The molecule has 0 unspecified atom stereocenters. The Morgan fingerprint density at radius 3 is 2.54 bits per heavy atom. The number of piperidine rings is 1. The number of morpholine rings is 1. The van der Waals surface area contributed by atoms with Crippen LogP contribution in [0, 0.1) is 5.92 Å². The third-order valence-corrected chi connectivity index (χ3v) is 5.64. The molecule has 0 radical (unpaired) electrons. The van der Waals surface area contributed by atoms with Gasteiger partial charge in [0.05, 0.1) is 17.8 Å². The third-order valence-electron chi connectivity index (χ3n) is 5.64. The number of hydrogen-bond acceptors (Lipinski definition) is 5. The van der Waals surface area contributed by atoms with Crippen molar-refractivity contribution in [1.82, 2.24) is 19.7 Å². The van der Waals surface area contributed by atoms with E-state index in [9.17, 15) is 4.79 Å². The molecule has 4 rings (SSSR count). The van der Waals surface area contributed by atoms with E-state index in [1.54, 1.807) is 6.20 Å². The molecular formula is C21H29N5O2. The van der Waals surface area contributed by atoms with E-state index in [-0.39, 0.29) is 18.1 Å². The fourth-order valence-electron chi connectivity index (χ4n) is 4.24. The van der Waals surface area contributed by atoms with Gasteiger partial charge in [-0.25, -0.2) is 4.98 Å². The van der Waals surface area contributed by atoms with Crippen LogP contribution in [-0.4, -0.2) is 64.0 Å². The minimum Gasteiger partial charge on any atom is -0.372 e. The molecular weight excluding hydrogens is 354 g/mol. The number of carbonyl (C=O) groups is 1. The van der Waals surface area contributed by atoms with Crippen molar-refractivity contribution in [3.05, 3.63) is 42.4 Å². The second-order valence-electron chi connectivity index (χ2n) is 8.03. The molecule has 28 heavy (non-hydrogen) atoms. The van der Waals surface area contributed by atoms with Crippen molar-refractivity contribution in [2.75, 3.05) is 31.1 Å². The van der Waals surface area contributed by atoms with E-state index in [4.69, 9.17) is 4.74 Å². The Hall–Kier alpha value is -2.41. The van der Waals surface area contributed by atoms with Crippen molar-refractivity contribution in [3.63, 3.8) is 0 Å². The summed E-state index contributed by atoms with van der Waals surface area (Å²) in [5.74, 6) is 1.58. The monoisotopic (exact) mass is 383 g/mol. The number of aromatic nitrogens is 3. The predicted molar refractivity (Wildman–Crippen MR) is 107 cm³/mol. The first-order chi connectivity index (χ1) is 13.6. The lowest BCUT2D eigenvalue weighted by Gasteiger charge is -2.36. The zero-order chi connectivity index (χ0) is 19.5. The van der Waals surface area contributed by atoms with Crippen molar-refractivity contribution in [2.45, 2.75) is 45.4 Å². The van der Waals surface area contributed by atoms with Crippen LogP contribution in [0.4, 0.5) is 5.82 Å². The largest absolute Gasteiger partial charge is 0.372 e. The van der Waals surface area contributed by atoms with Gasteiger partial charge in [0.25, 0.3) is 5.91 Å². The molecule has 2 atom stereocenters. The summed E-state index contributed by atoms with van der Waals surface area (Å²) in [6, 6.07) is 5.82. The molecule has 7 nitrogen and oxygen atoms in total. The van der Waals surface area contributed by atoms with Crippen molar-refractivity contribution in [2.24, 2.45) is 5.92 Å². The van der Waals surface area contributed by atoms with Gasteiger partial charge in [-0.3, -0.25) is 9.48 Å². The number of anilines is 1. The van der Waals surface area contributed by atoms with Gasteiger partial charge in [0.1, 0.15) is 5.82 Å². The number of rotatable bonds is 4. The van der Waals surface area contributed by atoms with Crippen LogP contribution in [0.15, 0.2) is 36.8 Å². The maximum absolute atomic E-state index is 12.8. The van der Waals surface area contributed by atoms with Crippen LogP contribution < -0.4 is 4.90 Å². The highest BCUT2D eigenvalue weighted by atomic mass is 16.5. The standard InChI is InChI=1S/C21H29N5O2/c1-16-13-25(14-17(2)28-16)20-5-4-19(12-22-20)21(27)24-10-6-18(7-11-24)15-26-9-3-8-23-26/h3-5,8-9,12,16-18H,6-7,10-11,13-15H2,1-2H3/t16-,17+. The molecule has 150 valence electrons. The summed E-state index contributed by atoms with van der Waals surface area (Å²) in [5.41, 5.74) is 0.670. The number of amides is 1. The van der Waals surface area contributed by atoms with Gasteiger partial charge in [-0.15, -0.1) is 0 Å². The molecule has 2 aliphatic rings. The normalized spacial score (nSPS) is 23.8. The first-order valence-corrected chi connectivity index (χ1v) is 10.2. The Labute approximate surface area is 166 Å². The van der Waals surface area contributed by atoms with Crippen molar-refractivity contribution >= 4 is 11.7 Å². The molecule has 0 aliphatic carbocycles. The van der Waals surface area contributed by atoms with Crippen LogP contribution in [0.3, 0.4) is 0 Å². The molecule has 1 amide bonds. The summed E-state index contributed by atoms with van der Waals surface area (Å²) in [7, 11) is 0.